The number of rotatable bonds is 2. The number of alkyl halides is 3. The maximum absolute atomic E-state index is 12.8. The highest BCUT2D eigenvalue weighted by molar-refractivity contribution is 7.15. The number of hydrogen-bond donors (Lipinski definition) is 1. The van der Waals surface area contributed by atoms with Crippen molar-refractivity contribution in [1.82, 2.24) is 14.8 Å². The number of aromatic nitrogens is 3. The number of anilines is 1. The molecular weight excluding hydrogens is 329 g/mol. The molecule has 1 N–H and O–H groups in total. The molecule has 0 aliphatic heterocycles. The number of aryl methyl sites for hydroxylation is 3. The predicted octanol–water partition coefficient (Wildman–Crippen LogP) is 3.42. The minimum atomic E-state index is -4.69. The fourth-order valence-electron chi connectivity index (χ4n) is 1.63. The van der Waals surface area contributed by atoms with Crippen LogP contribution >= 0.6 is 22.9 Å². The summed E-state index contributed by atoms with van der Waals surface area (Å²) in [6.07, 6.45) is -4.69. The van der Waals surface area contributed by atoms with E-state index >= 15 is 0 Å². The molecule has 5 nitrogen and oxygen atoms in total. The van der Waals surface area contributed by atoms with Crippen LogP contribution in [0.2, 0.25) is 5.02 Å². The lowest BCUT2D eigenvalue weighted by Crippen LogP contribution is -2.13. The number of thiazole rings is 1. The molecule has 0 saturated carbocycles. The first-order chi connectivity index (χ1) is 9.61. The summed E-state index contributed by atoms with van der Waals surface area (Å²) >= 11 is 6.85. The van der Waals surface area contributed by atoms with Crippen LogP contribution in [0.25, 0.3) is 0 Å². The summed E-state index contributed by atoms with van der Waals surface area (Å²) < 4.78 is 38.9. The number of nitrogens with zero attached hydrogens (tertiary/aromatic N) is 3. The molecule has 0 unspecified atom stereocenters. The van der Waals surface area contributed by atoms with Gasteiger partial charge in [0.25, 0.3) is 5.91 Å². The van der Waals surface area contributed by atoms with E-state index in [0.29, 0.717) is 4.68 Å². The molecule has 0 aliphatic carbocycles. The van der Waals surface area contributed by atoms with Gasteiger partial charge in [-0.3, -0.25) is 14.8 Å². The van der Waals surface area contributed by atoms with Crippen LogP contribution in [0.4, 0.5) is 18.3 Å². The summed E-state index contributed by atoms with van der Waals surface area (Å²) in [4.78, 5) is 16.9. The summed E-state index contributed by atoms with van der Waals surface area (Å²) in [7, 11) is 1.07. The first-order valence-electron chi connectivity index (χ1n) is 5.66. The van der Waals surface area contributed by atoms with E-state index in [9.17, 15) is 18.0 Å². The Hall–Kier alpha value is -1.61. The van der Waals surface area contributed by atoms with Crippen molar-refractivity contribution < 1.29 is 18.0 Å². The van der Waals surface area contributed by atoms with Crippen LogP contribution in [0, 0.1) is 13.8 Å². The van der Waals surface area contributed by atoms with Crippen LogP contribution in [-0.4, -0.2) is 20.7 Å². The Labute approximate surface area is 126 Å². The topological polar surface area (TPSA) is 59.8 Å². The molecule has 0 aliphatic rings. The molecular formula is C11H10ClF3N4OS. The highest BCUT2D eigenvalue weighted by Crippen LogP contribution is 2.36. The summed E-state index contributed by atoms with van der Waals surface area (Å²) in [5.74, 6) is -0.833. The van der Waals surface area contributed by atoms with Crippen LogP contribution in [0.1, 0.15) is 26.8 Å². The summed E-state index contributed by atoms with van der Waals surface area (Å²) in [5.41, 5.74) is -0.920. The van der Waals surface area contributed by atoms with E-state index in [-0.39, 0.29) is 5.13 Å². The second kappa shape index (κ2) is 5.30. The smallest absolute Gasteiger partial charge is 0.296 e. The first-order valence-corrected chi connectivity index (χ1v) is 6.85. The summed E-state index contributed by atoms with van der Waals surface area (Å²) in [6, 6.07) is 0. The van der Waals surface area contributed by atoms with E-state index in [1.54, 1.807) is 6.92 Å². The molecule has 2 rings (SSSR count). The lowest BCUT2D eigenvalue weighted by atomic mass is 10.3. The Morgan fingerprint density at radius 1 is 1.38 bits per heavy atom. The number of carbonyl (C=O) groups excluding carboxylic acids is 1. The van der Waals surface area contributed by atoms with Gasteiger partial charge in [0.05, 0.1) is 5.69 Å². The zero-order valence-corrected chi connectivity index (χ0v) is 12.7. The maximum Gasteiger partial charge on any atom is 0.434 e. The zero-order valence-electron chi connectivity index (χ0n) is 11.2. The molecule has 0 spiro atoms. The second-order valence-electron chi connectivity index (χ2n) is 4.25. The SMILES string of the molecule is Cc1nc(NC(=O)c2nn(C)c(C(F)(F)F)c2Cl)sc1C. The minimum absolute atomic E-state index is 0.283. The van der Waals surface area contributed by atoms with E-state index < -0.39 is 28.5 Å². The average Bonchev–Trinajstić information content (AvgIpc) is 2.78. The van der Waals surface area contributed by atoms with Crippen molar-refractivity contribution in [3.05, 3.63) is 27.0 Å². The van der Waals surface area contributed by atoms with Gasteiger partial charge in [0.2, 0.25) is 0 Å². The Bertz CT molecular complexity index is 688. The van der Waals surface area contributed by atoms with Crippen LogP contribution in [-0.2, 0) is 13.2 Å². The fourth-order valence-corrected chi connectivity index (χ4v) is 2.80. The molecule has 21 heavy (non-hydrogen) atoms. The Balaban J connectivity index is 2.32. The molecule has 0 atom stereocenters. The van der Waals surface area contributed by atoms with Gasteiger partial charge in [0, 0.05) is 11.9 Å². The average molecular weight is 339 g/mol. The van der Waals surface area contributed by atoms with E-state index in [1.165, 1.54) is 11.3 Å². The molecule has 2 aromatic heterocycles. The number of carbonyl (C=O) groups is 1. The van der Waals surface area contributed by atoms with Gasteiger partial charge in [-0.05, 0) is 13.8 Å². The predicted molar refractivity (Wildman–Crippen MR) is 72.8 cm³/mol. The third-order valence-electron chi connectivity index (χ3n) is 2.72. The van der Waals surface area contributed by atoms with Gasteiger partial charge >= 0.3 is 6.18 Å². The summed E-state index contributed by atoms with van der Waals surface area (Å²) in [6.45, 7) is 3.58. The second-order valence-corrected chi connectivity index (χ2v) is 5.83. The van der Waals surface area contributed by atoms with Crippen molar-refractivity contribution >= 4 is 34.0 Å². The summed E-state index contributed by atoms with van der Waals surface area (Å²) in [5, 5.41) is 5.48. The van der Waals surface area contributed by atoms with Gasteiger partial charge in [-0.2, -0.15) is 18.3 Å². The molecule has 0 bridgehead atoms. The van der Waals surface area contributed by atoms with Crippen molar-refractivity contribution in [2.45, 2.75) is 20.0 Å². The van der Waals surface area contributed by atoms with E-state index in [0.717, 1.165) is 17.6 Å². The maximum atomic E-state index is 12.8. The van der Waals surface area contributed by atoms with E-state index in [2.05, 4.69) is 15.4 Å². The molecule has 1 amide bonds. The molecule has 114 valence electrons. The minimum Gasteiger partial charge on any atom is -0.296 e. The number of nitrogens with one attached hydrogen (secondary N) is 1. The van der Waals surface area contributed by atoms with Gasteiger partial charge in [0.1, 0.15) is 5.02 Å². The quantitative estimate of drug-likeness (QED) is 0.912. The van der Waals surface area contributed by atoms with Crippen LogP contribution in [0.3, 0.4) is 0 Å². The molecule has 2 heterocycles. The zero-order chi connectivity index (χ0) is 15.9. The van der Waals surface area contributed by atoms with Crippen LogP contribution < -0.4 is 5.32 Å². The molecule has 0 fully saturated rings. The third kappa shape index (κ3) is 3.03. The van der Waals surface area contributed by atoms with Gasteiger partial charge in [-0.15, -0.1) is 11.3 Å². The lowest BCUT2D eigenvalue weighted by Gasteiger charge is -2.06. The number of hydrogen-bond acceptors (Lipinski definition) is 4. The Morgan fingerprint density at radius 3 is 2.43 bits per heavy atom. The first kappa shape index (κ1) is 15.8. The monoisotopic (exact) mass is 338 g/mol. The van der Waals surface area contributed by atoms with Crippen molar-refractivity contribution in [3.8, 4) is 0 Å². The Morgan fingerprint density at radius 2 is 2.00 bits per heavy atom. The highest BCUT2D eigenvalue weighted by atomic mass is 35.5. The molecule has 0 aromatic carbocycles. The standard InChI is InChI=1S/C11H10ClF3N4OS/c1-4-5(2)21-10(16-4)17-9(20)7-6(12)8(11(13,14)15)19(3)18-7/h1-3H3,(H,16,17,20). The van der Waals surface area contributed by atoms with Crippen molar-refractivity contribution in [2.24, 2.45) is 7.05 Å². The largest absolute Gasteiger partial charge is 0.434 e. The van der Waals surface area contributed by atoms with Gasteiger partial charge < -0.3 is 0 Å². The van der Waals surface area contributed by atoms with Crippen LogP contribution in [0.15, 0.2) is 0 Å². The number of amides is 1. The molecule has 0 radical (unpaired) electrons. The van der Waals surface area contributed by atoms with E-state index in [4.69, 9.17) is 11.6 Å². The van der Waals surface area contributed by atoms with Gasteiger partial charge in [-0.25, -0.2) is 4.98 Å². The molecule has 0 saturated heterocycles. The van der Waals surface area contributed by atoms with Crippen molar-refractivity contribution in [2.75, 3.05) is 5.32 Å². The normalized spacial score (nSPS) is 11.8. The van der Waals surface area contributed by atoms with Crippen LogP contribution in [0.5, 0.6) is 0 Å². The lowest BCUT2D eigenvalue weighted by molar-refractivity contribution is -0.143. The van der Waals surface area contributed by atoms with Crippen molar-refractivity contribution in [1.29, 1.82) is 0 Å². The molecule has 2 aromatic rings. The van der Waals surface area contributed by atoms with Gasteiger partial charge in [-0.1, -0.05) is 11.6 Å². The Kier molecular flexibility index (Phi) is 3.98. The van der Waals surface area contributed by atoms with Crippen molar-refractivity contribution in [3.63, 3.8) is 0 Å². The molecule has 10 heteroatoms. The fraction of sp³-hybridized carbons (Fsp3) is 0.364. The van der Waals surface area contributed by atoms with Gasteiger partial charge in [0.15, 0.2) is 16.5 Å². The third-order valence-corrected chi connectivity index (χ3v) is 4.07. The van der Waals surface area contributed by atoms with E-state index in [1.807, 2.05) is 6.92 Å². The highest BCUT2D eigenvalue weighted by Gasteiger charge is 2.40. The number of halogens is 4.